The number of primary amides is 1. The van der Waals surface area contributed by atoms with Crippen LogP contribution in [0.4, 0.5) is 0 Å². The predicted molar refractivity (Wildman–Crippen MR) is 30.2 cm³/mol. The lowest BCUT2D eigenvalue weighted by Gasteiger charge is -1.95. The summed E-state index contributed by atoms with van der Waals surface area (Å²) >= 11 is -2.52. The number of hydrogen-bond acceptors (Lipinski definition) is 3. The molecule has 0 bridgehead atoms. The third kappa shape index (κ3) is 3.68. The van der Waals surface area contributed by atoms with Crippen LogP contribution < -0.4 is 5.73 Å². The van der Waals surface area contributed by atoms with Gasteiger partial charge in [-0.1, -0.05) is 0 Å². The lowest BCUT2D eigenvalue weighted by atomic mass is 10.6. The summed E-state index contributed by atoms with van der Waals surface area (Å²) in [6.07, 6.45) is 0. The van der Waals surface area contributed by atoms with E-state index in [1.807, 2.05) is 0 Å². The molecule has 0 fully saturated rings. The minimum atomic E-state index is -2.52. The molecule has 52 valence electrons. The van der Waals surface area contributed by atoms with Gasteiger partial charge in [-0.15, -0.1) is 0 Å². The van der Waals surface area contributed by atoms with Crippen LogP contribution in [-0.4, -0.2) is 14.7 Å². The smallest absolute Gasteiger partial charge is 0.357 e. The van der Waals surface area contributed by atoms with Crippen molar-refractivity contribution < 1.29 is 17.7 Å². The lowest BCUT2D eigenvalue weighted by Crippen LogP contribution is -2.15. The van der Waals surface area contributed by atoms with Crippen molar-refractivity contribution in [2.75, 3.05) is 0 Å². The highest BCUT2D eigenvalue weighted by Crippen LogP contribution is 1.92. The van der Waals surface area contributed by atoms with Crippen LogP contribution in [0.1, 0.15) is 0 Å². The largest absolute Gasteiger partial charge is 0.375 e. The molecule has 1 unspecified atom stereocenters. The van der Waals surface area contributed by atoms with Crippen LogP contribution in [0.15, 0.2) is 12.3 Å². The summed E-state index contributed by atoms with van der Waals surface area (Å²) in [6.45, 7) is 2.94. The maximum atomic E-state index is 9.99. The number of rotatable bonds is 3. The minimum absolute atomic E-state index is 0.532. The van der Waals surface area contributed by atoms with E-state index in [9.17, 15) is 9.00 Å². The minimum Gasteiger partial charge on any atom is -0.375 e. The molecule has 9 heavy (non-hydrogen) atoms. The average Bonchev–Trinajstić information content (AvgIpc) is 1.63. The first-order valence-corrected chi connectivity index (χ1v) is 2.85. The van der Waals surface area contributed by atoms with Gasteiger partial charge in [0.05, 0.1) is 0 Å². The van der Waals surface area contributed by atoms with Gasteiger partial charge in [0.1, 0.15) is 0 Å². The molecule has 0 heterocycles. The molecular formula is C3H5NO4S. The van der Waals surface area contributed by atoms with Gasteiger partial charge in [0.25, 0.3) is 5.91 Å². The molecule has 0 spiro atoms. The Morgan fingerprint density at radius 2 is 2.22 bits per heavy atom. The van der Waals surface area contributed by atoms with Gasteiger partial charge < -0.3 is 9.92 Å². The van der Waals surface area contributed by atoms with E-state index in [1.54, 1.807) is 0 Å². The summed E-state index contributed by atoms with van der Waals surface area (Å²) in [5.41, 5.74) is 4.58. The molecule has 0 aromatic heterocycles. The molecule has 0 aliphatic carbocycles. The number of amides is 1. The summed E-state index contributed by atoms with van der Waals surface area (Å²) in [5, 5.41) is 0. The second-order valence-corrected chi connectivity index (χ2v) is 1.69. The fourth-order valence-corrected chi connectivity index (χ4v) is 0.381. The van der Waals surface area contributed by atoms with E-state index in [0.29, 0.717) is 0 Å². The van der Waals surface area contributed by atoms with Crippen LogP contribution in [-0.2, 0) is 20.3 Å². The molecule has 0 saturated heterocycles. The Morgan fingerprint density at radius 1 is 1.78 bits per heavy atom. The van der Waals surface area contributed by atoms with E-state index in [4.69, 9.17) is 4.55 Å². The van der Waals surface area contributed by atoms with Crippen molar-refractivity contribution in [3.8, 4) is 0 Å². The van der Waals surface area contributed by atoms with Gasteiger partial charge in [0, 0.05) is 0 Å². The molecule has 0 aliphatic rings. The highest BCUT2D eigenvalue weighted by Gasteiger charge is 2.04. The van der Waals surface area contributed by atoms with Crippen LogP contribution in [0.5, 0.6) is 0 Å². The second kappa shape index (κ2) is 3.21. The van der Waals surface area contributed by atoms with Gasteiger partial charge in [0.15, 0.2) is 5.76 Å². The van der Waals surface area contributed by atoms with Crippen LogP contribution in [0, 0.1) is 0 Å². The predicted octanol–water partition coefficient (Wildman–Crippen LogP) is -0.861. The average molecular weight is 151 g/mol. The van der Waals surface area contributed by atoms with Crippen molar-refractivity contribution in [2.24, 2.45) is 5.73 Å². The molecule has 0 rings (SSSR count). The first-order valence-electron chi connectivity index (χ1n) is 1.82. The molecule has 0 aliphatic heterocycles. The number of nitrogens with two attached hydrogens (primary N) is 1. The van der Waals surface area contributed by atoms with E-state index >= 15 is 0 Å². The zero-order valence-corrected chi connectivity index (χ0v) is 5.18. The van der Waals surface area contributed by atoms with Crippen molar-refractivity contribution in [3.63, 3.8) is 0 Å². The molecule has 6 heteroatoms. The Morgan fingerprint density at radius 3 is 2.33 bits per heavy atom. The third-order valence-electron chi connectivity index (χ3n) is 0.447. The van der Waals surface area contributed by atoms with Crippen molar-refractivity contribution in [2.45, 2.75) is 0 Å². The summed E-state index contributed by atoms with van der Waals surface area (Å²) < 4.78 is 21.6. The first-order chi connectivity index (χ1) is 4.04. The SMILES string of the molecule is C=C(OS(=O)O)C(N)=O. The fourth-order valence-electron chi connectivity index (χ4n) is 0.127. The normalized spacial score (nSPS) is 12.1. The van der Waals surface area contributed by atoms with Gasteiger partial charge in [-0.3, -0.25) is 9.35 Å². The van der Waals surface area contributed by atoms with E-state index in [-0.39, 0.29) is 0 Å². The maximum absolute atomic E-state index is 9.99. The Hall–Kier alpha value is -0.880. The quantitative estimate of drug-likeness (QED) is 0.312. The van der Waals surface area contributed by atoms with Crippen molar-refractivity contribution in [3.05, 3.63) is 12.3 Å². The van der Waals surface area contributed by atoms with Crippen molar-refractivity contribution in [1.29, 1.82) is 0 Å². The molecule has 0 aromatic rings. The third-order valence-corrected chi connectivity index (χ3v) is 0.790. The Bertz CT molecular complexity index is 165. The zero-order chi connectivity index (χ0) is 7.44. The van der Waals surface area contributed by atoms with E-state index in [1.165, 1.54) is 0 Å². The highest BCUT2D eigenvalue weighted by molar-refractivity contribution is 7.74. The van der Waals surface area contributed by atoms with Gasteiger partial charge >= 0.3 is 11.4 Å². The first kappa shape index (κ1) is 8.12. The monoisotopic (exact) mass is 151 g/mol. The standard InChI is InChI=1S/C3H5NO4S/c1-2(3(4)5)8-9(6)7/h1H2,(H2,4,5)(H,6,7). The van der Waals surface area contributed by atoms with Gasteiger partial charge in [-0.25, -0.2) is 0 Å². The van der Waals surface area contributed by atoms with Crippen molar-refractivity contribution >= 4 is 17.3 Å². The molecule has 3 N–H and O–H groups in total. The van der Waals surface area contributed by atoms with E-state index in [2.05, 4.69) is 16.5 Å². The summed E-state index contributed by atoms with van der Waals surface area (Å²) in [7, 11) is 0. The van der Waals surface area contributed by atoms with Gasteiger partial charge in [0.2, 0.25) is 0 Å². The van der Waals surface area contributed by atoms with Crippen LogP contribution >= 0.6 is 0 Å². The number of hydrogen-bond donors (Lipinski definition) is 2. The maximum Gasteiger partial charge on any atom is 0.357 e. The Kier molecular flexibility index (Phi) is 2.89. The van der Waals surface area contributed by atoms with Crippen LogP contribution in [0.3, 0.4) is 0 Å². The second-order valence-electron chi connectivity index (χ2n) is 1.09. The molecule has 1 atom stereocenters. The van der Waals surface area contributed by atoms with Gasteiger partial charge in [-0.2, -0.15) is 4.21 Å². The molecule has 0 saturated carbocycles. The van der Waals surface area contributed by atoms with Crippen LogP contribution in [0.2, 0.25) is 0 Å². The molecule has 1 amide bonds. The van der Waals surface area contributed by atoms with Gasteiger partial charge in [-0.05, 0) is 6.58 Å². The Labute approximate surface area is 54.0 Å². The number of carbonyl (C=O) groups is 1. The van der Waals surface area contributed by atoms with Crippen LogP contribution in [0.25, 0.3) is 0 Å². The molecule has 5 nitrogen and oxygen atoms in total. The molecule has 0 aromatic carbocycles. The fraction of sp³-hybridized carbons (Fsp3) is 0. The lowest BCUT2D eigenvalue weighted by molar-refractivity contribution is -0.116. The highest BCUT2D eigenvalue weighted by atomic mass is 32.2. The summed E-state index contributed by atoms with van der Waals surface area (Å²) in [6, 6.07) is 0. The van der Waals surface area contributed by atoms with E-state index < -0.39 is 23.0 Å². The summed E-state index contributed by atoms with van der Waals surface area (Å²) in [4.78, 5) is 9.99. The molecular weight excluding hydrogens is 146 g/mol. The van der Waals surface area contributed by atoms with E-state index in [0.717, 1.165) is 0 Å². The number of carbonyl (C=O) groups excluding carboxylic acids is 1. The Balaban J connectivity index is 3.79. The summed E-state index contributed by atoms with van der Waals surface area (Å²) in [5.74, 6) is -1.49. The molecule has 0 radical (unpaired) electrons. The topological polar surface area (TPSA) is 89.6 Å². The zero-order valence-electron chi connectivity index (χ0n) is 4.36. The van der Waals surface area contributed by atoms with Crippen molar-refractivity contribution in [1.82, 2.24) is 0 Å².